The van der Waals surface area contributed by atoms with Crippen molar-refractivity contribution >= 4 is 17.5 Å². The summed E-state index contributed by atoms with van der Waals surface area (Å²) in [6.07, 6.45) is -2.49. The number of carbonyl (C=O) groups excluding carboxylic acids is 1. The molecule has 3 aliphatic carbocycles. The molecule has 7 nitrogen and oxygen atoms in total. The van der Waals surface area contributed by atoms with E-state index in [2.05, 4.69) is 22.4 Å². The topological polar surface area (TPSA) is 75.4 Å². The molecular formula is C27H31F3N6O. The van der Waals surface area contributed by atoms with Crippen molar-refractivity contribution in [1.29, 1.82) is 0 Å². The SMILES string of the molecule is Cc1c([C@@H](C)Nc2nc3nnc(C(C)C)n3c3c2CN(C(=O)C24CC(C2)[C@@H]4C)C3)cccc1C(F)(F)F. The van der Waals surface area contributed by atoms with E-state index in [4.69, 9.17) is 4.98 Å². The lowest BCUT2D eigenvalue weighted by molar-refractivity contribution is -0.205. The van der Waals surface area contributed by atoms with Crippen molar-refractivity contribution in [2.24, 2.45) is 17.3 Å². The van der Waals surface area contributed by atoms with Crippen molar-refractivity contribution in [2.75, 3.05) is 5.32 Å². The fourth-order valence-electron chi connectivity index (χ4n) is 6.58. The van der Waals surface area contributed by atoms with E-state index < -0.39 is 17.8 Å². The van der Waals surface area contributed by atoms with Crippen molar-refractivity contribution in [2.45, 2.75) is 78.7 Å². The van der Waals surface area contributed by atoms with Crippen LogP contribution in [0, 0.1) is 24.2 Å². The van der Waals surface area contributed by atoms with Crippen LogP contribution in [0.15, 0.2) is 18.2 Å². The van der Waals surface area contributed by atoms with E-state index in [9.17, 15) is 18.0 Å². The number of fused-ring (bicyclic) bond motifs is 3. The maximum Gasteiger partial charge on any atom is 0.416 e. The minimum Gasteiger partial charge on any atom is -0.363 e. The molecule has 2 atom stereocenters. The second-order valence-electron chi connectivity index (χ2n) is 11.4. The Hall–Kier alpha value is -3.17. The Morgan fingerprint density at radius 3 is 2.49 bits per heavy atom. The monoisotopic (exact) mass is 512 g/mol. The summed E-state index contributed by atoms with van der Waals surface area (Å²) < 4.78 is 42.5. The third kappa shape index (κ3) is 3.40. The van der Waals surface area contributed by atoms with Crippen LogP contribution in [-0.2, 0) is 24.1 Å². The number of amides is 1. The highest BCUT2D eigenvalue weighted by molar-refractivity contribution is 5.87. The van der Waals surface area contributed by atoms with Gasteiger partial charge in [-0.05, 0) is 55.7 Å². The number of nitrogens with one attached hydrogen (secondary N) is 1. The van der Waals surface area contributed by atoms with E-state index in [0.717, 1.165) is 36.0 Å². The van der Waals surface area contributed by atoms with Gasteiger partial charge in [0.15, 0.2) is 0 Å². The van der Waals surface area contributed by atoms with Gasteiger partial charge in [0.25, 0.3) is 5.78 Å². The summed E-state index contributed by atoms with van der Waals surface area (Å²) in [5, 5.41) is 12.0. The van der Waals surface area contributed by atoms with Gasteiger partial charge in [-0.3, -0.25) is 9.20 Å². The van der Waals surface area contributed by atoms with Crippen LogP contribution in [0.4, 0.5) is 19.0 Å². The normalized spacial score (nSPS) is 25.2. The van der Waals surface area contributed by atoms with Crippen LogP contribution < -0.4 is 5.32 Å². The molecule has 3 saturated carbocycles. The molecule has 2 aromatic heterocycles. The summed E-state index contributed by atoms with van der Waals surface area (Å²) in [5.41, 5.74) is 1.65. The number of anilines is 1. The van der Waals surface area contributed by atoms with Crippen LogP contribution in [0.3, 0.4) is 0 Å². The Balaban J connectivity index is 1.38. The van der Waals surface area contributed by atoms with Crippen LogP contribution in [0.5, 0.6) is 0 Å². The molecule has 1 amide bonds. The summed E-state index contributed by atoms with van der Waals surface area (Å²) in [6, 6.07) is 3.79. The number of hydrogen-bond donors (Lipinski definition) is 1. The highest BCUT2D eigenvalue weighted by Crippen LogP contribution is 2.69. The summed E-state index contributed by atoms with van der Waals surface area (Å²) in [7, 11) is 0. The van der Waals surface area contributed by atoms with Gasteiger partial charge in [-0.2, -0.15) is 18.2 Å². The molecule has 0 radical (unpaired) electrons. The van der Waals surface area contributed by atoms with Crippen LogP contribution >= 0.6 is 0 Å². The van der Waals surface area contributed by atoms with Crippen molar-refractivity contribution < 1.29 is 18.0 Å². The van der Waals surface area contributed by atoms with Crippen molar-refractivity contribution in [3.8, 4) is 0 Å². The smallest absolute Gasteiger partial charge is 0.363 e. The first-order valence-electron chi connectivity index (χ1n) is 12.9. The Morgan fingerprint density at radius 2 is 1.89 bits per heavy atom. The second kappa shape index (κ2) is 7.91. The molecule has 2 bridgehead atoms. The highest BCUT2D eigenvalue weighted by atomic mass is 19.4. The summed E-state index contributed by atoms with van der Waals surface area (Å²) in [6.45, 7) is 10.4. The van der Waals surface area contributed by atoms with Gasteiger partial charge in [0, 0.05) is 11.5 Å². The summed E-state index contributed by atoms with van der Waals surface area (Å²) >= 11 is 0. The number of hydrogen-bond acceptors (Lipinski definition) is 5. The molecular weight excluding hydrogens is 481 g/mol. The largest absolute Gasteiger partial charge is 0.416 e. The number of carbonyl (C=O) groups is 1. The van der Waals surface area contributed by atoms with Crippen LogP contribution in [0.1, 0.15) is 86.3 Å². The van der Waals surface area contributed by atoms with Gasteiger partial charge in [-0.25, -0.2) is 0 Å². The molecule has 196 valence electrons. The maximum atomic E-state index is 13.6. The van der Waals surface area contributed by atoms with Gasteiger partial charge < -0.3 is 10.2 Å². The molecule has 0 saturated heterocycles. The van der Waals surface area contributed by atoms with Crippen LogP contribution in [-0.4, -0.2) is 30.4 Å². The van der Waals surface area contributed by atoms with Gasteiger partial charge in [0.05, 0.1) is 35.8 Å². The number of nitrogens with zero attached hydrogens (tertiary/aromatic N) is 5. The lowest BCUT2D eigenvalue weighted by Crippen LogP contribution is -2.66. The zero-order valence-corrected chi connectivity index (χ0v) is 21.6. The quantitative estimate of drug-likeness (QED) is 0.479. The lowest BCUT2D eigenvalue weighted by Gasteiger charge is -2.66. The molecule has 37 heavy (non-hydrogen) atoms. The first-order valence-corrected chi connectivity index (χ1v) is 12.9. The molecule has 3 fully saturated rings. The molecule has 3 heterocycles. The summed E-state index contributed by atoms with van der Waals surface area (Å²) in [5.74, 6) is 3.13. The zero-order chi connectivity index (χ0) is 26.4. The third-order valence-corrected chi connectivity index (χ3v) is 9.04. The predicted molar refractivity (Wildman–Crippen MR) is 132 cm³/mol. The molecule has 4 aliphatic rings. The van der Waals surface area contributed by atoms with Crippen LogP contribution in [0.2, 0.25) is 0 Å². The Morgan fingerprint density at radius 1 is 1.16 bits per heavy atom. The Bertz CT molecular complexity index is 1420. The maximum absolute atomic E-state index is 13.6. The van der Waals surface area contributed by atoms with E-state index in [1.165, 1.54) is 13.0 Å². The van der Waals surface area contributed by atoms with Gasteiger partial charge in [0.2, 0.25) is 5.91 Å². The Kier molecular flexibility index (Phi) is 5.17. The molecule has 0 spiro atoms. The number of rotatable bonds is 5. The van der Waals surface area contributed by atoms with Gasteiger partial charge in [-0.15, -0.1) is 10.2 Å². The fourth-order valence-corrected chi connectivity index (χ4v) is 6.58. The van der Waals surface area contributed by atoms with Crippen molar-refractivity contribution in [3.63, 3.8) is 0 Å². The van der Waals surface area contributed by atoms with E-state index in [-0.39, 0.29) is 22.8 Å². The van der Waals surface area contributed by atoms with Crippen LogP contribution in [0.25, 0.3) is 5.78 Å². The molecule has 7 rings (SSSR count). The second-order valence-corrected chi connectivity index (χ2v) is 11.4. The first-order chi connectivity index (χ1) is 17.4. The molecule has 3 aromatic rings. The average Bonchev–Trinajstić information content (AvgIpc) is 3.42. The Labute approximate surface area is 213 Å². The van der Waals surface area contributed by atoms with E-state index in [0.29, 0.717) is 42.1 Å². The minimum atomic E-state index is -4.42. The number of benzene rings is 1. The predicted octanol–water partition coefficient (Wildman–Crippen LogP) is 5.64. The molecule has 1 aliphatic heterocycles. The number of aromatic nitrogens is 4. The van der Waals surface area contributed by atoms with Gasteiger partial charge in [-0.1, -0.05) is 32.9 Å². The van der Waals surface area contributed by atoms with Gasteiger partial charge >= 0.3 is 6.18 Å². The summed E-state index contributed by atoms with van der Waals surface area (Å²) in [4.78, 5) is 20.3. The number of alkyl halides is 3. The zero-order valence-electron chi connectivity index (χ0n) is 21.6. The molecule has 0 unspecified atom stereocenters. The van der Waals surface area contributed by atoms with Gasteiger partial charge in [0.1, 0.15) is 11.6 Å². The first kappa shape index (κ1) is 24.2. The fraction of sp³-hybridized carbons (Fsp3) is 0.556. The standard InChI is InChI=1S/C27H31F3N6O/c1-13(2)23-33-34-25-32-22(31-16(5)18-7-6-8-20(14(18)3)27(28,29)30)19-11-35(12-21(19)36(23)25)24(37)26-9-17(10-26)15(26)4/h6-8,13,15-17H,9-12H2,1-5H3,(H,31,32,34)/t15-,16+,17?,26?/m0/s1. The molecule has 1 N–H and O–H groups in total. The van der Waals surface area contributed by atoms with Crippen molar-refractivity contribution in [1.82, 2.24) is 24.5 Å². The lowest BCUT2D eigenvalue weighted by atomic mass is 9.37. The van der Waals surface area contributed by atoms with E-state index >= 15 is 0 Å². The number of halogens is 3. The van der Waals surface area contributed by atoms with E-state index in [1.807, 2.05) is 30.1 Å². The highest BCUT2D eigenvalue weighted by Gasteiger charge is 2.68. The molecule has 1 aromatic carbocycles. The minimum absolute atomic E-state index is 0.105. The van der Waals surface area contributed by atoms with E-state index in [1.54, 1.807) is 6.07 Å². The molecule has 10 heteroatoms. The average molecular weight is 513 g/mol. The van der Waals surface area contributed by atoms with Crippen molar-refractivity contribution in [3.05, 3.63) is 52.0 Å². The third-order valence-electron chi connectivity index (χ3n) is 9.04.